The van der Waals surface area contributed by atoms with E-state index in [0.29, 0.717) is 5.00 Å². The molecule has 1 aromatic carbocycles. The molecule has 1 aromatic heterocycles. The highest BCUT2D eigenvalue weighted by Crippen LogP contribution is 2.33. The van der Waals surface area contributed by atoms with Crippen LogP contribution in [0.15, 0.2) is 24.3 Å². The number of hydrazine groups is 1. The molecule has 0 unspecified atom stereocenters. The molecule has 6 heteroatoms. The Balaban J connectivity index is 2.02. The predicted molar refractivity (Wildman–Crippen MR) is 66.6 cm³/mol. The van der Waals surface area contributed by atoms with E-state index in [9.17, 15) is 5.11 Å². The Bertz CT molecular complexity index is 480. The van der Waals surface area contributed by atoms with Gasteiger partial charge in [-0.1, -0.05) is 17.7 Å². The molecule has 0 fully saturated rings. The van der Waals surface area contributed by atoms with Crippen molar-refractivity contribution in [2.45, 2.75) is 6.92 Å². The van der Waals surface area contributed by atoms with E-state index in [0.717, 1.165) is 17.2 Å². The molecule has 0 aliphatic heterocycles. The van der Waals surface area contributed by atoms with Crippen LogP contribution >= 0.6 is 11.5 Å². The summed E-state index contributed by atoms with van der Waals surface area (Å²) in [6.45, 7) is 2.02. The third-order valence-corrected chi connectivity index (χ3v) is 2.83. The van der Waals surface area contributed by atoms with Crippen molar-refractivity contribution in [3.63, 3.8) is 0 Å². The number of aromatic nitrogens is 1. The third kappa shape index (κ3) is 2.17. The Morgan fingerprint density at radius 1 is 1.25 bits per heavy atom. The van der Waals surface area contributed by atoms with Gasteiger partial charge in [0.15, 0.2) is 16.6 Å². The standard InChI is InChI=1S/C10H12N4OS/c1-6-2-4-7(5-3-6)12-13-10-8(15)9(11)14-16-10/h2-5,12-13,15H,1H3,(H2,11,14). The number of aryl methyl sites for hydroxylation is 1. The van der Waals surface area contributed by atoms with Crippen molar-refractivity contribution in [1.29, 1.82) is 0 Å². The van der Waals surface area contributed by atoms with E-state index in [1.54, 1.807) is 0 Å². The number of nitrogens with zero attached hydrogens (tertiary/aromatic N) is 1. The number of benzene rings is 1. The lowest BCUT2D eigenvalue weighted by Crippen LogP contribution is -2.07. The van der Waals surface area contributed by atoms with Gasteiger partial charge in [-0.05, 0) is 30.6 Å². The minimum atomic E-state index is -0.0235. The molecule has 2 aromatic rings. The lowest BCUT2D eigenvalue weighted by molar-refractivity contribution is 0.481. The lowest BCUT2D eigenvalue weighted by atomic mass is 10.2. The van der Waals surface area contributed by atoms with Crippen LogP contribution in [0.5, 0.6) is 5.75 Å². The van der Waals surface area contributed by atoms with Crippen LogP contribution in [0.25, 0.3) is 0 Å². The van der Waals surface area contributed by atoms with Crippen molar-refractivity contribution in [2.24, 2.45) is 0 Å². The fourth-order valence-electron chi connectivity index (χ4n) is 1.15. The van der Waals surface area contributed by atoms with E-state index in [4.69, 9.17) is 5.73 Å². The van der Waals surface area contributed by atoms with Gasteiger partial charge in [-0.3, -0.25) is 5.43 Å². The van der Waals surface area contributed by atoms with Crippen LogP contribution < -0.4 is 16.6 Å². The fourth-order valence-corrected chi connectivity index (χ4v) is 1.71. The Hall–Kier alpha value is -1.95. The summed E-state index contributed by atoms with van der Waals surface area (Å²) >= 11 is 1.10. The minimum absolute atomic E-state index is 0.0235. The molecule has 0 aliphatic carbocycles. The molecule has 16 heavy (non-hydrogen) atoms. The van der Waals surface area contributed by atoms with E-state index in [-0.39, 0.29) is 11.6 Å². The molecule has 0 atom stereocenters. The first-order valence-corrected chi connectivity index (χ1v) is 5.47. The largest absolute Gasteiger partial charge is 0.502 e. The Kier molecular flexibility index (Phi) is 2.82. The van der Waals surface area contributed by atoms with Gasteiger partial charge < -0.3 is 16.3 Å². The molecule has 0 radical (unpaired) electrons. The van der Waals surface area contributed by atoms with Gasteiger partial charge in [0.1, 0.15) is 0 Å². The van der Waals surface area contributed by atoms with Gasteiger partial charge in [-0.15, -0.1) is 0 Å². The molecule has 84 valence electrons. The lowest BCUT2D eigenvalue weighted by Gasteiger charge is -2.07. The van der Waals surface area contributed by atoms with Crippen LogP contribution in [-0.4, -0.2) is 9.48 Å². The highest BCUT2D eigenvalue weighted by atomic mass is 32.1. The number of nitrogen functional groups attached to an aromatic ring is 1. The number of hydrogen-bond donors (Lipinski definition) is 4. The van der Waals surface area contributed by atoms with E-state index in [2.05, 4.69) is 15.2 Å². The second kappa shape index (κ2) is 4.28. The third-order valence-electron chi connectivity index (χ3n) is 2.06. The van der Waals surface area contributed by atoms with Crippen molar-refractivity contribution >= 4 is 28.0 Å². The summed E-state index contributed by atoms with van der Waals surface area (Å²) in [7, 11) is 0. The van der Waals surface area contributed by atoms with Crippen molar-refractivity contribution < 1.29 is 5.11 Å². The van der Waals surface area contributed by atoms with Gasteiger partial charge in [0.2, 0.25) is 0 Å². The first-order valence-electron chi connectivity index (χ1n) is 4.69. The van der Waals surface area contributed by atoms with Gasteiger partial charge in [0, 0.05) is 0 Å². The molecule has 0 spiro atoms. The Labute approximate surface area is 97.1 Å². The maximum Gasteiger partial charge on any atom is 0.196 e. The smallest absolute Gasteiger partial charge is 0.196 e. The maximum absolute atomic E-state index is 9.48. The average Bonchev–Trinajstić information content (AvgIpc) is 2.60. The van der Waals surface area contributed by atoms with Gasteiger partial charge in [-0.25, -0.2) is 0 Å². The number of rotatable bonds is 3. The highest BCUT2D eigenvalue weighted by molar-refractivity contribution is 7.11. The minimum Gasteiger partial charge on any atom is -0.502 e. The van der Waals surface area contributed by atoms with Gasteiger partial charge in [-0.2, -0.15) is 4.37 Å². The summed E-state index contributed by atoms with van der Waals surface area (Å²) in [5.41, 5.74) is 13.3. The van der Waals surface area contributed by atoms with E-state index >= 15 is 0 Å². The molecule has 5 N–H and O–H groups in total. The predicted octanol–water partition coefficient (Wildman–Crippen LogP) is 2.18. The molecular formula is C10H12N4OS. The number of anilines is 3. The molecule has 2 rings (SSSR count). The summed E-state index contributed by atoms with van der Waals surface area (Å²) in [6, 6.07) is 7.85. The number of nitrogens with one attached hydrogen (secondary N) is 2. The fraction of sp³-hybridized carbons (Fsp3) is 0.100. The maximum atomic E-state index is 9.48. The molecule has 0 aliphatic rings. The van der Waals surface area contributed by atoms with E-state index < -0.39 is 0 Å². The molecule has 0 amide bonds. The first kappa shape index (κ1) is 10.6. The first-order chi connectivity index (χ1) is 7.66. The molecule has 0 saturated carbocycles. The van der Waals surface area contributed by atoms with Gasteiger partial charge >= 0.3 is 0 Å². The zero-order valence-corrected chi connectivity index (χ0v) is 9.51. The summed E-state index contributed by atoms with van der Waals surface area (Å²) in [6.07, 6.45) is 0. The van der Waals surface area contributed by atoms with Crippen molar-refractivity contribution in [1.82, 2.24) is 4.37 Å². The van der Waals surface area contributed by atoms with Crippen LogP contribution in [0, 0.1) is 6.92 Å². The molecular weight excluding hydrogens is 224 g/mol. The van der Waals surface area contributed by atoms with Crippen molar-refractivity contribution in [2.75, 3.05) is 16.6 Å². The monoisotopic (exact) mass is 236 g/mol. The van der Waals surface area contributed by atoms with Crippen LogP contribution in [-0.2, 0) is 0 Å². The zero-order chi connectivity index (χ0) is 11.5. The number of aromatic hydroxyl groups is 1. The Morgan fingerprint density at radius 2 is 1.94 bits per heavy atom. The van der Waals surface area contributed by atoms with Gasteiger partial charge in [0.25, 0.3) is 0 Å². The van der Waals surface area contributed by atoms with Gasteiger partial charge in [0.05, 0.1) is 5.69 Å². The number of nitrogens with two attached hydrogens (primary N) is 1. The Morgan fingerprint density at radius 3 is 2.50 bits per heavy atom. The highest BCUT2D eigenvalue weighted by Gasteiger charge is 2.08. The van der Waals surface area contributed by atoms with E-state index in [1.165, 1.54) is 5.56 Å². The van der Waals surface area contributed by atoms with E-state index in [1.807, 2.05) is 31.2 Å². The second-order valence-corrected chi connectivity index (χ2v) is 4.13. The van der Waals surface area contributed by atoms with Crippen LogP contribution in [0.4, 0.5) is 16.5 Å². The quantitative estimate of drug-likeness (QED) is 0.614. The topological polar surface area (TPSA) is 83.2 Å². The normalized spacial score (nSPS) is 10.1. The average molecular weight is 236 g/mol. The van der Waals surface area contributed by atoms with Crippen LogP contribution in [0.2, 0.25) is 0 Å². The summed E-state index contributed by atoms with van der Waals surface area (Å²) in [5, 5.41) is 9.98. The summed E-state index contributed by atoms with van der Waals surface area (Å²) in [4.78, 5) is 0. The summed E-state index contributed by atoms with van der Waals surface area (Å²) < 4.78 is 3.81. The molecule has 1 heterocycles. The molecule has 0 saturated heterocycles. The van der Waals surface area contributed by atoms with Crippen LogP contribution in [0.3, 0.4) is 0 Å². The van der Waals surface area contributed by atoms with Crippen LogP contribution in [0.1, 0.15) is 5.56 Å². The molecule has 5 nitrogen and oxygen atoms in total. The zero-order valence-electron chi connectivity index (χ0n) is 8.69. The second-order valence-electron chi connectivity index (χ2n) is 3.36. The number of hydrogen-bond acceptors (Lipinski definition) is 6. The summed E-state index contributed by atoms with van der Waals surface area (Å²) in [5.74, 6) is 0.114. The van der Waals surface area contributed by atoms with Crippen molar-refractivity contribution in [3.05, 3.63) is 29.8 Å². The molecule has 0 bridgehead atoms. The SMILES string of the molecule is Cc1ccc(NNc2snc(N)c2O)cc1. The van der Waals surface area contributed by atoms with Crippen molar-refractivity contribution in [3.8, 4) is 5.75 Å².